The summed E-state index contributed by atoms with van der Waals surface area (Å²) in [7, 11) is 1.61. The molecule has 2 fully saturated rings. The molecule has 36 heavy (non-hydrogen) atoms. The highest BCUT2D eigenvalue weighted by molar-refractivity contribution is 5.94. The summed E-state index contributed by atoms with van der Waals surface area (Å²) in [5.41, 5.74) is 12.2. The molecule has 5 amide bonds. The molecule has 1 aromatic carbocycles. The van der Waals surface area contributed by atoms with Crippen LogP contribution in [0, 0.1) is 5.92 Å². The van der Waals surface area contributed by atoms with E-state index in [9.17, 15) is 19.2 Å². The summed E-state index contributed by atoms with van der Waals surface area (Å²) in [4.78, 5) is 52.4. The van der Waals surface area contributed by atoms with Crippen LogP contribution in [-0.4, -0.2) is 73.0 Å². The van der Waals surface area contributed by atoms with E-state index < -0.39 is 30.1 Å². The van der Waals surface area contributed by atoms with Crippen molar-refractivity contribution < 1.29 is 23.9 Å². The Morgan fingerprint density at radius 2 is 1.81 bits per heavy atom. The third-order valence-corrected chi connectivity index (χ3v) is 7.15. The van der Waals surface area contributed by atoms with Crippen molar-refractivity contribution in [2.75, 3.05) is 20.2 Å². The number of ether oxygens (including phenoxy) is 1. The highest BCUT2D eigenvalue weighted by Crippen LogP contribution is 2.34. The number of nitrogens with one attached hydrogen (secondary N) is 3. The van der Waals surface area contributed by atoms with Crippen LogP contribution in [0.1, 0.15) is 44.6 Å². The zero-order valence-corrected chi connectivity index (χ0v) is 21.0. The number of nitrogens with zero attached hydrogens (tertiary/aromatic N) is 1. The lowest BCUT2D eigenvalue weighted by molar-refractivity contribution is -0.143. The first kappa shape index (κ1) is 27.3. The molecule has 2 aliphatic heterocycles. The monoisotopic (exact) mass is 502 g/mol. The summed E-state index contributed by atoms with van der Waals surface area (Å²) >= 11 is 0. The van der Waals surface area contributed by atoms with Gasteiger partial charge in [-0.15, -0.1) is 0 Å². The second-order valence-electron chi connectivity index (χ2n) is 9.47. The molecule has 1 aromatic rings. The maximum Gasteiger partial charge on any atom is 0.312 e. The van der Waals surface area contributed by atoms with E-state index in [1.807, 2.05) is 24.3 Å². The normalized spacial score (nSPS) is 24.3. The predicted molar refractivity (Wildman–Crippen MR) is 134 cm³/mol. The predicted octanol–water partition coefficient (Wildman–Crippen LogP) is 0.0139. The molecule has 5 atom stereocenters. The standard InChI is InChI=1S/C25H38N6O5/c1-3-19(26)22(32)30-21-16(14-29-25(27)35)6-7-17-8-11-20(31(17)24(21)34)23(33)28-13-12-15-4-9-18(36-2)10-5-15/h4-5,9-10,16-17,19-21H,3,6-8,11-14,26H2,1-2H3,(H,28,33)(H,30,32)(H3,27,29,35)/t16-,17+,19+,20+,21+/m1/s1. The van der Waals surface area contributed by atoms with Crippen molar-refractivity contribution in [2.45, 2.75) is 69.6 Å². The van der Waals surface area contributed by atoms with Gasteiger partial charge in [-0.05, 0) is 56.2 Å². The summed E-state index contributed by atoms with van der Waals surface area (Å²) in [5.74, 6) is -0.549. The largest absolute Gasteiger partial charge is 0.497 e. The van der Waals surface area contributed by atoms with Crippen molar-refractivity contribution in [3.63, 3.8) is 0 Å². The summed E-state index contributed by atoms with van der Waals surface area (Å²) in [6.45, 7) is 2.37. The lowest BCUT2D eigenvalue weighted by Gasteiger charge is -2.32. The second kappa shape index (κ2) is 12.6. The van der Waals surface area contributed by atoms with Crippen molar-refractivity contribution in [3.05, 3.63) is 29.8 Å². The van der Waals surface area contributed by atoms with Crippen LogP contribution in [0.4, 0.5) is 4.79 Å². The molecule has 0 aromatic heterocycles. The minimum atomic E-state index is -0.903. The molecular weight excluding hydrogens is 464 g/mol. The number of primary amides is 1. The van der Waals surface area contributed by atoms with Gasteiger partial charge in [0.05, 0.1) is 13.2 Å². The van der Waals surface area contributed by atoms with E-state index >= 15 is 0 Å². The van der Waals surface area contributed by atoms with Gasteiger partial charge in [-0.25, -0.2) is 4.79 Å². The molecule has 0 saturated carbocycles. The quantitative estimate of drug-likeness (QED) is 0.302. The second-order valence-corrected chi connectivity index (χ2v) is 9.47. The van der Waals surface area contributed by atoms with Crippen LogP contribution in [0.15, 0.2) is 24.3 Å². The van der Waals surface area contributed by atoms with E-state index in [4.69, 9.17) is 16.2 Å². The van der Waals surface area contributed by atoms with Gasteiger partial charge in [0, 0.05) is 25.0 Å². The Bertz CT molecular complexity index is 939. The van der Waals surface area contributed by atoms with E-state index in [-0.39, 0.29) is 30.3 Å². The Kier molecular flexibility index (Phi) is 9.51. The Balaban J connectivity index is 1.69. The molecule has 11 heteroatoms. The van der Waals surface area contributed by atoms with Crippen LogP contribution in [0.25, 0.3) is 0 Å². The zero-order valence-electron chi connectivity index (χ0n) is 21.0. The van der Waals surface area contributed by atoms with Crippen molar-refractivity contribution in [1.29, 1.82) is 0 Å². The Labute approximate surface area is 211 Å². The lowest BCUT2D eigenvalue weighted by Crippen LogP contribution is -2.59. The van der Waals surface area contributed by atoms with Gasteiger partial charge in [0.15, 0.2) is 0 Å². The number of benzene rings is 1. The van der Waals surface area contributed by atoms with E-state index in [0.29, 0.717) is 45.1 Å². The molecule has 2 heterocycles. The fourth-order valence-electron chi connectivity index (χ4n) is 5.01. The van der Waals surface area contributed by atoms with Gasteiger partial charge in [-0.1, -0.05) is 19.1 Å². The first-order valence-corrected chi connectivity index (χ1v) is 12.6. The molecule has 3 rings (SSSR count). The third kappa shape index (κ3) is 6.66. The topological polar surface area (TPSA) is 169 Å². The van der Waals surface area contributed by atoms with Gasteiger partial charge in [-0.3, -0.25) is 14.4 Å². The molecule has 2 aliphatic rings. The van der Waals surface area contributed by atoms with E-state index in [2.05, 4.69) is 16.0 Å². The van der Waals surface area contributed by atoms with Crippen LogP contribution < -0.4 is 32.2 Å². The van der Waals surface area contributed by atoms with Crippen LogP contribution in [-0.2, 0) is 20.8 Å². The number of amides is 5. The molecule has 2 saturated heterocycles. The smallest absolute Gasteiger partial charge is 0.312 e. The average molecular weight is 503 g/mol. The van der Waals surface area contributed by atoms with Crippen molar-refractivity contribution in [3.8, 4) is 5.75 Å². The SMILES string of the molecule is CC[C@H](N)C(=O)N[C@@H]1C(=O)N2[C@@H](CC[C@@H]1CNC(N)=O)CC[C@H]2C(=O)NCCc1ccc(OC)cc1. The zero-order chi connectivity index (χ0) is 26.2. The number of hydrogen-bond donors (Lipinski definition) is 5. The summed E-state index contributed by atoms with van der Waals surface area (Å²) in [6.07, 6.45) is 3.58. The lowest BCUT2D eigenvalue weighted by atomic mass is 9.93. The first-order chi connectivity index (χ1) is 17.2. The average Bonchev–Trinajstić information content (AvgIpc) is 3.25. The van der Waals surface area contributed by atoms with Crippen LogP contribution in [0.3, 0.4) is 0 Å². The van der Waals surface area contributed by atoms with Gasteiger partial charge >= 0.3 is 6.03 Å². The van der Waals surface area contributed by atoms with Crippen LogP contribution in [0.5, 0.6) is 5.75 Å². The number of hydrogen-bond acceptors (Lipinski definition) is 6. The molecule has 198 valence electrons. The minimum Gasteiger partial charge on any atom is -0.497 e. The number of rotatable bonds is 10. The van der Waals surface area contributed by atoms with Gasteiger partial charge in [-0.2, -0.15) is 0 Å². The molecule has 0 unspecified atom stereocenters. The molecular formula is C25H38N6O5. The maximum absolute atomic E-state index is 13.7. The summed E-state index contributed by atoms with van der Waals surface area (Å²) < 4.78 is 5.17. The maximum atomic E-state index is 13.7. The number of urea groups is 1. The fraction of sp³-hybridized carbons (Fsp3) is 0.600. The van der Waals surface area contributed by atoms with Crippen LogP contribution in [0.2, 0.25) is 0 Å². The van der Waals surface area contributed by atoms with Gasteiger partial charge in [0.1, 0.15) is 17.8 Å². The molecule has 11 nitrogen and oxygen atoms in total. The molecule has 0 radical (unpaired) electrons. The fourth-order valence-corrected chi connectivity index (χ4v) is 5.01. The summed E-state index contributed by atoms with van der Waals surface area (Å²) in [6, 6.07) is 4.57. The Morgan fingerprint density at radius 1 is 1.11 bits per heavy atom. The van der Waals surface area contributed by atoms with Gasteiger partial charge in [0.25, 0.3) is 0 Å². The molecule has 7 N–H and O–H groups in total. The van der Waals surface area contributed by atoms with Crippen molar-refractivity contribution in [1.82, 2.24) is 20.9 Å². The molecule has 0 bridgehead atoms. The van der Waals surface area contributed by atoms with E-state index in [1.165, 1.54) is 0 Å². The highest BCUT2D eigenvalue weighted by Gasteiger charge is 2.47. The minimum absolute atomic E-state index is 0.104. The number of methoxy groups -OCH3 is 1. The third-order valence-electron chi connectivity index (χ3n) is 7.15. The number of carbonyl (C=O) groups excluding carboxylic acids is 4. The number of nitrogens with two attached hydrogens (primary N) is 2. The van der Waals surface area contributed by atoms with Gasteiger partial charge < -0.3 is 37.1 Å². The van der Waals surface area contributed by atoms with Crippen molar-refractivity contribution in [2.24, 2.45) is 17.4 Å². The van der Waals surface area contributed by atoms with Crippen LogP contribution >= 0.6 is 0 Å². The summed E-state index contributed by atoms with van der Waals surface area (Å²) in [5, 5.41) is 8.31. The number of fused-ring (bicyclic) bond motifs is 1. The highest BCUT2D eigenvalue weighted by atomic mass is 16.5. The Hall–Kier alpha value is -3.34. The first-order valence-electron chi connectivity index (χ1n) is 12.6. The van der Waals surface area contributed by atoms with Gasteiger partial charge in [0.2, 0.25) is 17.7 Å². The van der Waals surface area contributed by atoms with E-state index in [1.54, 1.807) is 18.9 Å². The number of carbonyl (C=O) groups is 4. The molecule has 0 spiro atoms. The van der Waals surface area contributed by atoms with Crippen molar-refractivity contribution >= 4 is 23.8 Å². The Morgan fingerprint density at radius 3 is 2.44 bits per heavy atom. The van der Waals surface area contributed by atoms with E-state index in [0.717, 1.165) is 11.3 Å². The molecule has 0 aliphatic carbocycles.